The first-order valence-corrected chi connectivity index (χ1v) is 11.1. The first-order chi connectivity index (χ1) is 15.2. The second-order valence-electron chi connectivity index (χ2n) is 8.72. The Morgan fingerprint density at radius 3 is 2.59 bits per heavy atom. The van der Waals surface area contributed by atoms with Gasteiger partial charge in [0.15, 0.2) is 35.7 Å². The minimum absolute atomic E-state index is 0. The van der Waals surface area contributed by atoms with Crippen LogP contribution in [-0.2, 0) is 19.5 Å². The van der Waals surface area contributed by atoms with Crippen LogP contribution in [-0.4, -0.2) is 37.0 Å². The molecule has 7 heteroatoms. The summed E-state index contributed by atoms with van der Waals surface area (Å²) in [6, 6.07) is 8.45. The summed E-state index contributed by atoms with van der Waals surface area (Å²) in [5.74, 6) is 2.39. The molecule has 0 unspecified atom stereocenters. The number of pyridine rings is 1. The Balaban J connectivity index is 0.00000216. The van der Waals surface area contributed by atoms with Crippen LogP contribution in [0.4, 0.5) is 0 Å². The molecule has 0 atom stereocenters. The number of methoxy groups -OCH3 is 1. The standard InChI is InChI=1S/C25H26N2O4.ClH/c1-29-24-10-17(13-26-6-3-2-4-7-26)18-11-21-19-12-23-22(30-15-31-23)9-16(19)5-8-27(21)14-20(18)25(24)28;/h9-12,14H,2-8,13,15H2,1H3;1H. The van der Waals surface area contributed by atoms with Crippen LogP contribution in [0, 0.1) is 0 Å². The highest BCUT2D eigenvalue weighted by molar-refractivity contribution is 5.94. The fraction of sp³-hybridized carbons (Fsp3) is 0.400. The van der Waals surface area contributed by atoms with E-state index in [0.717, 1.165) is 60.6 Å². The summed E-state index contributed by atoms with van der Waals surface area (Å²) in [6.07, 6.45) is 6.81. The van der Waals surface area contributed by atoms with E-state index in [1.165, 1.54) is 36.0 Å². The topological polar surface area (TPSA) is 55.0 Å². The van der Waals surface area contributed by atoms with E-state index in [2.05, 4.69) is 33.9 Å². The Morgan fingerprint density at radius 2 is 1.81 bits per heavy atom. The molecule has 6 rings (SSSR count). The number of ether oxygens (including phenoxy) is 3. The van der Waals surface area contributed by atoms with Gasteiger partial charge in [-0.15, -0.1) is 0 Å². The third-order valence-corrected chi connectivity index (χ3v) is 6.86. The number of phenols is 1. The van der Waals surface area contributed by atoms with E-state index in [9.17, 15) is 5.11 Å². The molecule has 1 N–H and O–H groups in total. The van der Waals surface area contributed by atoms with Gasteiger partial charge in [0.1, 0.15) is 0 Å². The van der Waals surface area contributed by atoms with Crippen molar-refractivity contribution in [3.63, 3.8) is 0 Å². The number of hydrogen-bond acceptors (Lipinski definition) is 5. The van der Waals surface area contributed by atoms with Gasteiger partial charge in [0, 0.05) is 24.4 Å². The van der Waals surface area contributed by atoms with E-state index >= 15 is 0 Å². The Kier molecular flexibility index (Phi) is 5.51. The highest BCUT2D eigenvalue weighted by Crippen LogP contribution is 2.42. The van der Waals surface area contributed by atoms with Crippen LogP contribution in [0.2, 0.25) is 0 Å². The first-order valence-electron chi connectivity index (χ1n) is 11.1. The number of fused-ring (bicyclic) bond motifs is 5. The monoisotopic (exact) mass is 454 g/mol. The van der Waals surface area contributed by atoms with Crippen LogP contribution < -0.4 is 31.2 Å². The van der Waals surface area contributed by atoms with Crippen molar-refractivity contribution in [2.45, 2.75) is 38.8 Å². The molecule has 3 aliphatic rings. The lowest BCUT2D eigenvalue weighted by atomic mass is 9.93. The number of rotatable bonds is 3. The summed E-state index contributed by atoms with van der Waals surface area (Å²) < 4.78 is 19.0. The summed E-state index contributed by atoms with van der Waals surface area (Å²) in [5.41, 5.74) is 4.80. The smallest absolute Gasteiger partial charge is 0.231 e. The number of likely N-dealkylation sites (tertiary alicyclic amines) is 1. The van der Waals surface area contributed by atoms with Gasteiger partial charge >= 0.3 is 0 Å². The van der Waals surface area contributed by atoms with Crippen molar-refractivity contribution in [3.05, 3.63) is 41.6 Å². The number of aryl methyl sites for hydroxylation is 2. The first kappa shape index (κ1) is 21.2. The van der Waals surface area contributed by atoms with Crippen molar-refractivity contribution in [1.29, 1.82) is 0 Å². The molecular formula is C25H27ClN2O4. The molecule has 1 fully saturated rings. The van der Waals surface area contributed by atoms with Gasteiger partial charge in [0.25, 0.3) is 0 Å². The SMILES string of the molecule is COc1cc(CN2CCCCC2)c2cc3[n+](cc2c1O)CCc1cc2c(cc1-3)OCO2.[Cl-]. The summed E-state index contributed by atoms with van der Waals surface area (Å²) in [5, 5.41) is 12.8. The molecule has 3 aromatic rings. The fourth-order valence-electron chi connectivity index (χ4n) is 5.22. The van der Waals surface area contributed by atoms with Crippen LogP contribution >= 0.6 is 0 Å². The van der Waals surface area contributed by atoms with E-state index < -0.39 is 0 Å². The summed E-state index contributed by atoms with van der Waals surface area (Å²) in [6.45, 7) is 4.25. The molecule has 0 saturated carbocycles. The Morgan fingerprint density at radius 1 is 1.03 bits per heavy atom. The maximum absolute atomic E-state index is 10.9. The second-order valence-corrected chi connectivity index (χ2v) is 8.72. The van der Waals surface area contributed by atoms with Gasteiger partial charge in [-0.2, -0.15) is 4.57 Å². The van der Waals surface area contributed by atoms with Gasteiger partial charge in [-0.1, -0.05) is 6.42 Å². The van der Waals surface area contributed by atoms with E-state index in [4.69, 9.17) is 14.2 Å². The summed E-state index contributed by atoms with van der Waals surface area (Å²) >= 11 is 0. The molecule has 0 amide bonds. The van der Waals surface area contributed by atoms with Crippen molar-refractivity contribution in [2.75, 3.05) is 27.0 Å². The van der Waals surface area contributed by atoms with Crippen molar-refractivity contribution < 1.29 is 36.3 Å². The van der Waals surface area contributed by atoms with E-state index in [0.29, 0.717) is 5.75 Å². The predicted octanol–water partition coefficient (Wildman–Crippen LogP) is 0.783. The van der Waals surface area contributed by atoms with Crippen molar-refractivity contribution >= 4 is 10.8 Å². The van der Waals surface area contributed by atoms with Gasteiger partial charge < -0.3 is 31.7 Å². The van der Waals surface area contributed by atoms with E-state index in [-0.39, 0.29) is 24.9 Å². The van der Waals surface area contributed by atoms with Crippen LogP contribution in [0.3, 0.4) is 0 Å². The minimum Gasteiger partial charge on any atom is -1.00 e. The van der Waals surface area contributed by atoms with E-state index in [1.54, 1.807) is 7.11 Å². The predicted molar refractivity (Wildman–Crippen MR) is 117 cm³/mol. The van der Waals surface area contributed by atoms with Crippen molar-refractivity contribution in [3.8, 4) is 34.3 Å². The van der Waals surface area contributed by atoms with Gasteiger partial charge in [-0.25, -0.2) is 0 Å². The Bertz CT molecular complexity index is 1190. The average molecular weight is 455 g/mol. The molecule has 3 aliphatic heterocycles. The fourth-order valence-corrected chi connectivity index (χ4v) is 5.22. The third kappa shape index (κ3) is 3.42. The van der Waals surface area contributed by atoms with Crippen LogP contribution in [0.25, 0.3) is 22.0 Å². The lowest BCUT2D eigenvalue weighted by molar-refractivity contribution is -0.686. The Labute approximate surface area is 193 Å². The zero-order chi connectivity index (χ0) is 20.9. The average Bonchev–Trinajstić information content (AvgIpc) is 3.26. The molecular weight excluding hydrogens is 428 g/mol. The van der Waals surface area contributed by atoms with Gasteiger partial charge in [-0.05, 0) is 55.3 Å². The Hall–Kier alpha value is -2.70. The molecule has 0 bridgehead atoms. The third-order valence-electron chi connectivity index (χ3n) is 6.86. The molecule has 0 radical (unpaired) electrons. The zero-order valence-corrected chi connectivity index (χ0v) is 19.0. The molecule has 1 saturated heterocycles. The van der Waals surface area contributed by atoms with Gasteiger partial charge in [0.05, 0.1) is 18.1 Å². The maximum atomic E-state index is 10.9. The number of piperidine rings is 1. The number of nitrogens with zero attached hydrogens (tertiary/aromatic N) is 2. The van der Waals surface area contributed by atoms with Crippen LogP contribution in [0.5, 0.6) is 23.0 Å². The normalized spacial score (nSPS) is 16.9. The lowest BCUT2D eigenvalue weighted by Crippen LogP contribution is -3.00. The highest BCUT2D eigenvalue weighted by atomic mass is 35.5. The van der Waals surface area contributed by atoms with Crippen molar-refractivity contribution in [1.82, 2.24) is 4.90 Å². The lowest BCUT2D eigenvalue weighted by Gasteiger charge is -2.27. The molecule has 0 aliphatic carbocycles. The molecule has 0 spiro atoms. The van der Waals surface area contributed by atoms with Crippen LogP contribution in [0.15, 0.2) is 30.5 Å². The number of hydrogen-bond donors (Lipinski definition) is 1. The highest BCUT2D eigenvalue weighted by Gasteiger charge is 2.29. The van der Waals surface area contributed by atoms with E-state index in [1.807, 2.05) is 6.07 Å². The van der Waals surface area contributed by atoms with Crippen LogP contribution in [0.1, 0.15) is 30.4 Å². The second kappa shape index (κ2) is 8.34. The quantitative estimate of drug-likeness (QED) is 0.593. The number of phenolic OH excluding ortho intramolecular Hbond substituents is 1. The number of benzene rings is 2. The van der Waals surface area contributed by atoms with Crippen molar-refractivity contribution in [2.24, 2.45) is 0 Å². The maximum Gasteiger partial charge on any atom is 0.231 e. The molecule has 32 heavy (non-hydrogen) atoms. The number of aromatic nitrogens is 1. The molecule has 2 aromatic carbocycles. The molecule has 6 nitrogen and oxygen atoms in total. The largest absolute Gasteiger partial charge is 1.00 e. The number of halogens is 1. The zero-order valence-electron chi connectivity index (χ0n) is 18.2. The summed E-state index contributed by atoms with van der Waals surface area (Å²) in [4.78, 5) is 2.51. The molecule has 168 valence electrons. The number of aromatic hydroxyl groups is 1. The molecule has 4 heterocycles. The van der Waals surface area contributed by atoms with Gasteiger partial charge in [0.2, 0.25) is 12.5 Å². The van der Waals surface area contributed by atoms with Gasteiger partial charge in [-0.3, -0.25) is 4.90 Å². The summed E-state index contributed by atoms with van der Waals surface area (Å²) in [7, 11) is 1.62. The minimum atomic E-state index is 0. The molecule has 1 aromatic heterocycles.